The van der Waals surface area contributed by atoms with Gasteiger partial charge >= 0.3 is 0 Å². The standard InChI is InChI=1S/C10H15N3O2/c1-7(4-5-11)13-10(15)8-2-3-9(14)12-6-8/h7-8H,2-4,6H2,1H3,(H,12,14)(H,13,15). The minimum absolute atomic E-state index is 0.00382. The van der Waals surface area contributed by atoms with Crippen LogP contribution in [-0.2, 0) is 9.59 Å². The third-order valence-electron chi connectivity index (χ3n) is 2.42. The predicted molar refractivity (Wildman–Crippen MR) is 53.6 cm³/mol. The van der Waals surface area contributed by atoms with Crippen molar-refractivity contribution in [1.82, 2.24) is 10.6 Å². The quantitative estimate of drug-likeness (QED) is 0.682. The molecule has 5 nitrogen and oxygen atoms in total. The van der Waals surface area contributed by atoms with Crippen LogP contribution in [0.15, 0.2) is 0 Å². The van der Waals surface area contributed by atoms with E-state index in [1.54, 1.807) is 6.92 Å². The summed E-state index contributed by atoms with van der Waals surface area (Å²) in [4.78, 5) is 22.5. The minimum Gasteiger partial charge on any atom is -0.355 e. The third-order valence-corrected chi connectivity index (χ3v) is 2.42. The molecule has 0 aromatic carbocycles. The van der Waals surface area contributed by atoms with Crippen LogP contribution in [0.4, 0.5) is 0 Å². The molecule has 0 aromatic heterocycles. The van der Waals surface area contributed by atoms with Gasteiger partial charge in [-0.05, 0) is 13.3 Å². The maximum atomic E-state index is 11.6. The summed E-state index contributed by atoms with van der Waals surface area (Å²) in [6.07, 6.45) is 1.31. The summed E-state index contributed by atoms with van der Waals surface area (Å²) in [6, 6.07) is 1.87. The van der Waals surface area contributed by atoms with Crippen LogP contribution in [0.1, 0.15) is 26.2 Å². The third kappa shape index (κ3) is 3.58. The predicted octanol–water partition coefficient (Wildman–Crippen LogP) is -0.0690. The van der Waals surface area contributed by atoms with Crippen LogP contribution in [0.5, 0.6) is 0 Å². The van der Waals surface area contributed by atoms with Crippen molar-refractivity contribution < 1.29 is 9.59 Å². The molecule has 0 spiro atoms. The lowest BCUT2D eigenvalue weighted by molar-refractivity contribution is -0.129. The van der Waals surface area contributed by atoms with Crippen LogP contribution in [0.3, 0.4) is 0 Å². The van der Waals surface area contributed by atoms with Crippen molar-refractivity contribution in [2.24, 2.45) is 5.92 Å². The summed E-state index contributed by atoms with van der Waals surface area (Å²) in [5.74, 6) is -0.217. The fourth-order valence-corrected chi connectivity index (χ4v) is 1.51. The number of hydrogen-bond donors (Lipinski definition) is 2. The Balaban J connectivity index is 2.34. The second-order valence-electron chi connectivity index (χ2n) is 3.81. The van der Waals surface area contributed by atoms with Gasteiger partial charge in [0.05, 0.1) is 18.4 Å². The van der Waals surface area contributed by atoms with Crippen molar-refractivity contribution in [3.63, 3.8) is 0 Å². The highest BCUT2D eigenvalue weighted by molar-refractivity contribution is 5.83. The molecule has 0 bridgehead atoms. The lowest BCUT2D eigenvalue weighted by Gasteiger charge is -2.23. The van der Waals surface area contributed by atoms with E-state index in [1.807, 2.05) is 6.07 Å². The van der Waals surface area contributed by atoms with E-state index in [0.717, 1.165) is 0 Å². The number of carbonyl (C=O) groups is 2. The van der Waals surface area contributed by atoms with Gasteiger partial charge in [-0.3, -0.25) is 9.59 Å². The van der Waals surface area contributed by atoms with Crippen molar-refractivity contribution in [2.45, 2.75) is 32.2 Å². The summed E-state index contributed by atoms with van der Waals surface area (Å²) in [7, 11) is 0. The smallest absolute Gasteiger partial charge is 0.225 e. The summed E-state index contributed by atoms with van der Waals surface area (Å²) in [6.45, 7) is 2.20. The number of amides is 2. The van der Waals surface area contributed by atoms with Gasteiger partial charge in [-0.2, -0.15) is 5.26 Å². The first-order valence-electron chi connectivity index (χ1n) is 5.07. The van der Waals surface area contributed by atoms with E-state index < -0.39 is 0 Å². The lowest BCUT2D eigenvalue weighted by atomic mass is 9.98. The molecule has 1 aliphatic heterocycles. The zero-order valence-corrected chi connectivity index (χ0v) is 8.75. The van der Waals surface area contributed by atoms with Crippen molar-refractivity contribution in [2.75, 3.05) is 6.54 Å². The Labute approximate surface area is 88.8 Å². The topological polar surface area (TPSA) is 82.0 Å². The summed E-state index contributed by atoms with van der Waals surface area (Å²) in [5, 5.41) is 13.8. The highest BCUT2D eigenvalue weighted by Crippen LogP contribution is 2.11. The van der Waals surface area contributed by atoms with Gasteiger partial charge < -0.3 is 10.6 Å². The largest absolute Gasteiger partial charge is 0.355 e. The van der Waals surface area contributed by atoms with Crippen LogP contribution < -0.4 is 10.6 Å². The molecule has 1 heterocycles. The summed E-state index contributed by atoms with van der Waals surface area (Å²) < 4.78 is 0. The SMILES string of the molecule is CC(CC#N)NC(=O)C1CCC(=O)NC1. The van der Waals surface area contributed by atoms with Gasteiger partial charge in [0.1, 0.15) is 0 Å². The fourth-order valence-electron chi connectivity index (χ4n) is 1.51. The molecule has 5 heteroatoms. The van der Waals surface area contributed by atoms with Crippen molar-refractivity contribution >= 4 is 11.8 Å². The van der Waals surface area contributed by atoms with Crippen molar-refractivity contribution in [3.05, 3.63) is 0 Å². The fraction of sp³-hybridized carbons (Fsp3) is 0.700. The van der Waals surface area contributed by atoms with Crippen LogP contribution in [0, 0.1) is 17.2 Å². The molecule has 2 N–H and O–H groups in total. The zero-order chi connectivity index (χ0) is 11.3. The molecule has 0 radical (unpaired) electrons. The second-order valence-corrected chi connectivity index (χ2v) is 3.81. The second kappa shape index (κ2) is 5.35. The van der Waals surface area contributed by atoms with E-state index in [1.165, 1.54) is 0 Å². The van der Waals surface area contributed by atoms with E-state index in [0.29, 0.717) is 25.8 Å². The number of hydrogen-bond acceptors (Lipinski definition) is 3. The maximum absolute atomic E-state index is 11.6. The first-order chi connectivity index (χ1) is 7.13. The normalized spacial score (nSPS) is 22.4. The highest BCUT2D eigenvalue weighted by Gasteiger charge is 2.24. The van der Waals surface area contributed by atoms with Crippen LogP contribution in [0.2, 0.25) is 0 Å². The number of nitrogens with one attached hydrogen (secondary N) is 2. The number of nitriles is 1. The molecule has 0 saturated carbocycles. The van der Waals surface area contributed by atoms with E-state index in [9.17, 15) is 9.59 Å². The number of rotatable bonds is 3. The minimum atomic E-state index is -0.149. The first-order valence-corrected chi connectivity index (χ1v) is 5.07. The van der Waals surface area contributed by atoms with Gasteiger partial charge in [0.15, 0.2) is 0 Å². The van der Waals surface area contributed by atoms with E-state index in [-0.39, 0.29) is 23.8 Å². The lowest BCUT2D eigenvalue weighted by Crippen LogP contribution is -2.45. The maximum Gasteiger partial charge on any atom is 0.225 e. The summed E-state index contributed by atoms with van der Waals surface area (Å²) >= 11 is 0. The molecule has 1 rings (SSSR count). The van der Waals surface area contributed by atoms with Crippen molar-refractivity contribution in [3.8, 4) is 6.07 Å². The van der Waals surface area contributed by atoms with E-state index in [4.69, 9.17) is 5.26 Å². The Morgan fingerprint density at radius 1 is 1.80 bits per heavy atom. The average Bonchev–Trinajstić information content (AvgIpc) is 2.18. The average molecular weight is 209 g/mol. The Bertz CT molecular complexity index is 286. The summed E-state index contributed by atoms with van der Waals surface area (Å²) in [5.41, 5.74) is 0. The van der Waals surface area contributed by atoms with E-state index >= 15 is 0 Å². The van der Waals surface area contributed by atoms with Crippen LogP contribution in [0.25, 0.3) is 0 Å². The van der Waals surface area contributed by atoms with Gasteiger partial charge in [0, 0.05) is 19.0 Å². The van der Waals surface area contributed by atoms with Gasteiger partial charge in [-0.25, -0.2) is 0 Å². The van der Waals surface area contributed by atoms with Gasteiger partial charge in [-0.1, -0.05) is 0 Å². The molecule has 0 aliphatic carbocycles. The number of piperidine rings is 1. The molecule has 1 aliphatic rings. The van der Waals surface area contributed by atoms with Crippen molar-refractivity contribution in [1.29, 1.82) is 5.26 Å². The molecular weight excluding hydrogens is 194 g/mol. The molecule has 0 aromatic rings. The molecule has 1 fully saturated rings. The van der Waals surface area contributed by atoms with Gasteiger partial charge in [0.25, 0.3) is 0 Å². The van der Waals surface area contributed by atoms with Gasteiger partial charge in [-0.15, -0.1) is 0 Å². The van der Waals surface area contributed by atoms with Crippen LogP contribution >= 0.6 is 0 Å². The molecule has 82 valence electrons. The molecular formula is C10H15N3O2. The molecule has 15 heavy (non-hydrogen) atoms. The Hall–Kier alpha value is -1.57. The molecule has 2 amide bonds. The Morgan fingerprint density at radius 3 is 3.07 bits per heavy atom. The first kappa shape index (κ1) is 11.5. The highest BCUT2D eigenvalue weighted by atomic mass is 16.2. The Kier molecular flexibility index (Phi) is 4.10. The number of nitrogens with zero attached hydrogens (tertiary/aromatic N) is 1. The Morgan fingerprint density at radius 2 is 2.53 bits per heavy atom. The molecule has 2 unspecified atom stereocenters. The monoisotopic (exact) mass is 209 g/mol. The van der Waals surface area contributed by atoms with Crippen LogP contribution in [-0.4, -0.2) is 24.4 Å². The molecule has 2 atom stereocenters. The van der Waals surface area contributed by atoms with E-state index in [2.05, 4.69) is 10.6 Å². The zero-order valence-electron chi connectivity index (χ0n) is 8.75. The molecule has 1 saturated heterocycles. The number of carbonyl (C=O) groups excluding carboxylic acids is 2. The van der Waals surface area contributed by atoms with Gasteiger partial charge in [0.2, 0.25) is 11.8 Å².